The van der Waals surface area contributed by atoms with E-state index in [0.717, 1.165) is 19.7 Å². The molecular formula is C24H31ClIN3O4S. The van der Waals surface area contributed by atoms with Crippen molar-refractivity contribution in [2.75, 3.05) is 23.7 Å². The number of sulfonamides is 1. The topological polar surface area (TPSA) is 86.8 Å². The van der Waals surface area contributed by atoms with Gasteiger partial charge >= 0.3 is 0 Å². The molecule has 0 spiro atoms. The summed E-state index contributed by atoms with van der Waals surface area (Å²) in [5.74, 6) is -0.479. The van der Waals surface area contributed by atoms with E-state index < -0.39 is 28.5 Å². The number of amides is 2. The number of nitrogens with one attached hydrogen (secondary N) is 1. The Morgan fingerprint density at radius 1 is 1.06 bits per heavy atom. The second-order valence-electron chi connectivity index (χ2n) is 8.46. The molecule has 0 saturated heterocycles. The highest BCUT2D eigenvalue weighted by Crippen LogP contribution is 2.21. The van der Waals surface area contributed by atoms with Crippen molar-refractivity contribution < 1.29 is 18.0 Å². The van der Waals surface area contributed by atoms with Gasteiger partial charge in [0, 0.05) is 21.7 Å². The number of carbonyl (C=O) groups is 2. The lowest BCUT2D eigenvalue weighted by molar-refractivity contribution is -0.140. The fraction of sp³-hybridized carbons (Fsp3) is 0.417. The third-order valence-corrected chi connectivity index (χ3v) is 7.24. The zero-order valence-electron chi connectivity index (χ0n) is 19.8. The Morgan fingerprint density at radius 3 is 2.15 bits per heavy atom. The number of hydrogen-bond donors (Lipinski definition) is 1. The average Bonchev–Trinajstić information content (AvgIpc) is 2.77. The molecular weight excluding hydrogens is 589 g/mol. The van der Waals surface area contributed by atoms with Crippen LogP contribution in [-0.4, -0.2) is 50.5 Å². The van der Waals surface area contributed by atoms with Crippen molar-refractivity contribution >= 4 is 61.7 Å². The van der Waals surface area contributed by atoms with E-state index in [0.29, 0.717) is 23.7 Å². The van der Waals surface area contributed by atoms with Gasteiger partial charge in [0.2, 0.25) is 21.8 Å². The third-order valence-electron chi connectivity index (χ3n) is 5.13. The first-order valence-electron chi connectivity index (χ1n) is 11.0. The predicted molar refractivity (Wildman–Crippen MR) is 145 cm³/mol. The van der Waals surface area contributed by atoms with E-state index in [1.807, 2.05) is 20.8 Å². The summed E-state index contributed by atoms with van der Waals surface area (Å²) >= 11 is 8.13. The van der Waals surface area contributed by atoms with Crippen LogP contribution in [0.4, 0.5) is 5.69 Å². The monoisotopic (exact) mass is 619 g/mol. The molecule has 0 aromatic heterocycles. The van der Waals surface area contributed by atoms with E-state index >= 15 is 0 Å². The van der Waals surface area contributed by atoms with Crippen LogP contribution in [0.5, 0.6) is 0 Å². The zero-order valence-corrected chi connectivity index (χ0v) is 23.5. The first kappa shape index (κ1) is 28.4. The number of hydrogen-bond acceptors (Lipinski definition) is 4. The molecule has 0 bridgehead atoms. The molecule has 2 rings (SSSR count). The van der Waals surface area contributed by atoms with Gasteiger partial charge in [0.05, 0.1) is 11.9 Å². The largest absolute Gasteiger partial charge is 0.354 e. The fourth-order valence-electron chi connectivity index (χ4n) is 3.35. The van der Waals surface area contributed by atoms with Crippen LogP contribution in [0.2, 0.25) is 5.02 Å². The van der Waals surface area contributed by atoms with Gasteiger partial charge in [-0.1, -0.05) is 44.5 Å². The van der Waals surface area contributed by atoms with Crippen LogP contribution in [0.1, 0.15) is 32.8 Å². The smallest absolute Gasteiger partial charge is 0.244 e. The second-order valence-corrected chi connectivity index (χ2v) is 12.0. The highest BCUT2D eigenvalue weighted by atomic mass is 127. The minimum atomic E-state index is -3.75. The van der Waals surface area contributed by atoms with Crippen LogP contribution < -0.4 is 9.62 Å². The first-order chi connectivity index (χ1) is 15.9. The molecule has 2 amide bonds. The van der Waals surface area contributed by atoms with Crippen LogP contribution in [0.25, 0.3) is 0 Å². The molecule has 34 heavy (non-hydrogen) atoms. The molecule has 0 radical (unpaired) electrons. The van der Waals surface area contributed by atoms with E-state index in [1.54, 1.807) is 48.5 Å². The van der Waals surface area contributed by atoms with Gasteiger partial charge in [-0.25, -0.2) is 8.42 Å². The molecule has 0 aliphatic carbocycles. The molecule has 186 valence electrons. The lowest BCUT2D eigenvalue weighted by Gasteiger charge is -2.33. The van der Waals surface area contributed by atoms with E-state index in [-0.39, 0.29) is 18.4 Å². The maximum absolute atomic E-state index is 13.6. The molecule has 1 atom stereocenters. The zero-order chi connectivity index (χ0) is 25.5. The molecule has 0 aliphatic rings. The summed E-state index contributed by atoms with van der Waals surface area (Å²) in [6.07, 6.45) is 1.44. The molecule has 0 unspecified atom stereocenters. The van der Waals surface area contributed by atoms with Crippen molar-refractivity contribution in [1.82, 2.24) is 10.2 Å². The van der Waals surface area contributed by atoms with Crippen LogP contribution >= 0.6 is 34.2 Å². The maximum Gasteiger partial charge on any atom is 0.244 e. The normalized spacial score (nSPS) is 12.3. The Balaban J connectivity index is 2.39. The molecule has 0 aliphatic heterocycles. The Kier molecular flexibility index (Phi) is 10.6. The van der Waals surface area contributed by atoms with Gasteiger partial charge < -0.3 is 10.2 Å². The number of rotatable bonds is 11. The van der Waals surface area contributed by atoms with Gasteiger partial charge in [-0.15, -0.1) is 0 Å². The average molecular weight is 620 g/mol. The molecule has 0 heterocycles. The molecule has 1 N–H and O–H groups in total. The van der Waals surface area contributed by atoms with E-state index in [4.69, 9.17) is 11.6 Å². The minimum absolute atomic E-state index is 0.147. The van der Waals surface area contributed by atoms with Gasteiger partial charge in [-0.2, -0.15) is 0 Å². The quantitative estimate of drug-likeness (QED) is 0.381. The molecule has 2 aromatic carbocycles. The number of halogens is 2. The van der Waals surface area contributed by atoms with Crippen molar-refractivity contribution in [3.63, 3.8) is 0 Å². The number of anilines is 1. The van der Waals surface area contributed by atoms with Crippen molar-refractivity contribution in [3.05, 3.63) is 62.7 Å². The molecule has 0 saturated carbocycles. The number of carbonyl (C=O) groups excluding carboxylic acids is 2. The first-order valence-corrected chi connectivity index (χ1v) is 14.3. The summed E-state index contributed by atoms with van der Waals surface area (Å²) in [6.45, 7) is 6.02. The van der Waals surface area contributed by atoms with Crippen molar-refractivity contribution in [2.24, 2.45) is 5.92 Å². The Bertz CT molecular complexity index is 1080. The minimum Gasteiger partial charge on any atom is -0.354 e. The van der Waals surface area contributed by atoms with Crippen LogP contribution in [0, 0.1) is 9.49 Å². The molecule has 7 nitrogen and oxygen atoms in total. The van der Waals surface area contributed by atoms with Crippen LogP contribution in [-0.2, 0) is 26.2 Å². The van der Waals surface area contributed by atoms with E-state index in [1.165, 1.54) is 4.90 Å². The van der Waals surface area contributed by atoms with Gasteiger partial charge in [-0.3, -0.25) is 13.9 Å². The predicted octanol–water partition coefficient (Wildman–Crippen LogP) is 4.29. The summed E-state index contributed by atoms with van der Waals surface area (Å²) in [5.41, 5.74) is 1.17. The number of benzene rings is 2. The SMILES string of the molecule is CC[C@@H](C(=O)NCC(C)C)N(Cc1ccc(Cl)cc1)C(=O)CN(c1ccc(I)cc1)S(C)(=O)=O. The standard InChI is InChI=1S/C24H31ClIN3O4S/c1-5-22(24(31)27-14-17(2)3)28(15-18-6-8-19(25)9-7-18)23(30)16-29(34(4,32)33)21-12-10-20(26)11-13-21/h6-13,17,22H,5,14-16H2,1-4H3,(H,27,31)/t22-/m0/s1. The summed E-state index contributed by atoms with van der Waals surface area (Å²) in [5, 5.41) is 3.46. The third kappa shape index (κ3) is 8.42. The van der Waals surface area contributed by atoms with Crippen molar-refractivity contribution in [1.29, 1.82) is 0 Å². The highest BCUT2D eigenvalue weighted by molar-refractivity contribution is 14.1. The molecule has 0 fully saturated rings. The van der Waals surface area contributed by atoms with E-state index in [9.17, 15) is 18.0 Å². The van der Waals surface area contributed by atoms with Gasteiger partial charge in [0.1, 0.15) is 12.6 Å². The highest BCUT2D eigenvalue weighted by Gasteiger charge is 2.31. The Hall–Kier alpha value is -1.85. The molecule has 10 heteroatoms. The Labute approximate surface area is 221 Å². The summed E-state index contributed by atoms with van der Waals surface area (Å²) in [4.78, 5) is 28.0. The van der Waals surface area contributed by atoms with Crippen molar-refractivity contribution in [2.45, 2.75) is 39.8 Å². The van der Waals surface area contributed by atoms with Gasteiger partial charge in [-0.05, 0) is 76.9 Å². The second kappa shape index (κ2) is 12.7. The lowest BCUT2D eigenvalue weighted by atomic mass is 10.1. The molecule has 2 aromatic rings. The van der Waals surface area contributed by atoms with Gasteiger partial charge in [0.25, 0.3) is 0 Å². The summed E-state index contributed by atoms with van der Waals surface area (Å²) < 4.78 is 27.2. The van der Waals surface area contributed by atoms with Crippen LogP contribution in [0.3, 0.4) is 0 Å². The van der Waals surface area contributed by atoms with Gasteiger partial charge in [0.15, 0.2) is 0 Å². The maximum atomic E-state index is 13.6. The lowest BCUT2D eigenvalue weighted by Crippen LogP contribution is -2.52. The van der Waals surface area contributed by atoms with Crippen molar-refractivity contribution in [3.8, 4) is 0 Å². The fourth-order valence-corrected chi connectivity index (χ4v) is 4.68. The Morgan fingerprint density at radius 2 is 1.65 bits per heavy atom. The summed E-state index contributed by atoms with van der Waals surface area (Å²) in [6, 6.07) is 13.1. The number of nitrogens with zero attached hydrogens (tertiary/aromatic N) is 2. The van der Waals surface area contributed by atoms with Crippen LogP contribution in [0.15, 0.2) is 48.5 Å². The summed E-state index contributed by atoms with van der Waals surface area (Å²) in [7, 11) is -3.75. The van der Waals surface area contributed by atoms with E-state index in [2.05, 4.69) is 27.9 Å².